The predicted molar refractivity (Wildman–Crippen MR) is 96.0 cm³/mol. The van der Waals surface area contributed by atoms with Gasteiger partial charge in [-0.1, -0.05) is 6.07 Å². The quantitative estimate of drug-likeness (QED) is 0.694. The van der Waals surface area contributed by atoms with Crippen molar-refractivity contribution in [2.45, 2.75) is 6.61 Å². The minimum absolute atomic E-state index is 0.272. The summed E-state index contributed by atoms with van der Waals surface area (Å²) in [4.78, 5) is 12.7. The van der Waals surface area contributed by atoms with Crippen molar-refractivity contribution in [2.24, 2.45) is 0 Å². The van der Waals surface area contributed by atoms with E-state index < -0.39 is 5.82 Å². The SMILES string of the molecule is COc1ccc(OCc2csc(C(=O)Nc3cccc(F)c3)c2)cc1. The first kappa shape index (κ1) is 17.0. The molecule has 4 nitrogen and oxygen atoms in total. The fraction of sp³-hybridized carbons (Fsp3) is 0.105. The lowest BCUT2D eigenvalue weighted by Gasteiger charge is -2.05. The minimum atomic E-state index is -0.391. The molecule has 128 valence electrons. The van der Waals surface area contributed by atoms with E-state index in [9.17, 15) is 9.18 Å². The summed E-state index contributed by atoms with van der Waals surface area (Å²) < 4.78 is 23.9. The summed E-state index contributed by atoms with van der Waals surface area (Å²) in [5, 5.41) is 4.54. The zero-order valence-corrected chi connectivity index (χ0v) is 14.3. The van der Waals surface area contributed by atoms with E-state index in [1.54, 1.807) is 25.3 Å². The maximum Gasteiger partial charge on any atom is 0.265 e. The van der Waals surface area contributed by atoms with Gasteiger partial charge in [-0.25, -0.2) is 4.39 Å². The second kappa shape index (κ2) is 7.81. The summed E-state index contributed by atoms with van der Waals surface area (Å²) in [6.45, 7) is 0.357. The summed E-state index contributed by atoms with van der Waals surface area (Å²) in [6.07, 6.45) is 0. The fourth-order valence-electron chi connectivity index (χ4n) is 2.17. The summed E-state index contributed by atoms with van der Waals surface area (Å²) in [6, 6.07) is 14.8. The van der Waals surface area contributed by atoms with Gasteiger partial charge in [-0.2, -0.15) is 0 Å². The van der Waals surface area contributed by atoms with Crippen LogP contribution in [0.15, 0.2) is 60.0 Å². The number of hydrogen-bond donors (Lipinski definition) is 1. The number of halogens is 1. The summed E-state index contributed by atoms with van der Waals surface area (Å²) in [5.41, 5.74) is 1.32. The Morgan fingerprint density at radius 3 is 2.60 bits per heavy atom. The van der Waals surface area contributed by atoms with Gasteiger partial charge in [0.05, 0.1) is 12.0 Å². The molecule has 3 aromatic rings. The van der Waals surface area contributed by atoms with E-state index in [2.05, 4.69) is 5.32 Å². The van der Waals surface area contributed by atoms with E-state index >= 15 is 0 Å². The fourth-order valence-corrected chi connectivity index (χ4v) is 2.96. The highest BCUT2D eigenvalue weighted by Crippen LogP contribution is 2.21. The number of amides is 1. The van der Waals surface area contributed by atoms with Gasteiger partial charge in [-0.05, 0) is 53.9 Å². The molecular weight excluding hydrogens is 341 g/mol. The van der Waals surface area contributed by atoms with Crippen molar-refractivity contribution in [1.29, 1.82) is 0 Å². The molecule has 25 heavy (non-hydrogen) atoms. The van der Waals surface area contributed by atoms with Crippen LogP contribution in [0.5, 0.6) is 11.5 Å². The number of nitrogens with one attached hydrogen (secondary N) is 1. The van der Waals surface area contributed by atoms with Crippen LogP contribution in [0.1, 0.15) is 15.2 Å². The topological polar surface area (TPSA) is 47.6 Å². The largest absolute Gasteiger partial charge is 0.497 e. The van der Waals surface area contributed by atoms with Crippen LogP contribution < -0.4 is 14.8 Å². The molecular formula is C19H16FNO3S. The first-order valence-electron chi connectivity index (χ1n) is 7.55. The average molecular weight is 357 g/mol. The van der Waals surface area contributed by atoms with Crippen molar-refractivity contribution >= 4 is 22.9 Å². The second-order valence-corrected chi connectivity index (χ2v) is 6.16. The number of benzene rings is 2. The first-order chi connectivity index (χ1) is 12.1. The number of rotatable bonds is 6. The molecule has 2 aromatic carbocycles. The van der Waals surface area contributed by atoms with Crippen molar-refractivity contribution in [3.8, 4) is 11.5 Å². The Labute approximate surface area is 148 Å². The van der Waals surface area contributed by atoms with E-state index in [0.29, 0.717) is 17.2 Å². The van der Waals surface area contributed by atoms with Crippen LogP contribution in [0.25, 0.3) is 0 Å². The lowest BCUT2D eigenvalue weighted by molar-refractivity contribution is 0.103. The molecule has 0 bridgehead atoms. The monoisotopic (exact) mass is 357 g/mol. The lowest BCUT2D eigenvalue weighted by Crippen LogP contribution is -2.10. The van der Waals surface area contributed by atoms with Gasteiger partial charge in [-0.15, -0.1) is 11.3 Å². The van der Waals surface area contributed by atoms with Crippen LogP contribution in [-0.2, 0) is 6.61 Å². The van der Waals surface area contributed by atoms with Crippen molar-refractivity contribution in [2.75, 3.05) is 12.4 Å². The molecule has 6 heteroatoms. The average Bonchev–Trinajstić information content (AvgIpc) is 3.09. The molecule has 0 unspecified atom stereocenters. The third-order valence-corrected chi connectivity index (χ3v) is 4.40. The molecule has 1 aromatic heterocycles. The summed E-state index contributed by atoms with van der Waals surface area (Å²) in [7, 11) is 1.61. The first-order valence-corrected chi connectivity index (χ1v) is 8.43. The zero-order valence-electron chi connectivity index (χ0n) is 13.5. The van der Waals surface area contributed by atoms with Crippen molar-refractivity contribution in [3.63, 3.8) is 0 Å². The molecule has 0 spiro atoms. The molecule has 0 atom stereocenters. The van der Waals surface area contributed by atoms with E-state index in [1.807, 2.05) is 29.6 Å². The zero-order chi connectivity index (χ0) is 17.6. The molecule has 1 amide bonds. The normalized spacial score (nSPS) is 10.3. The van der Waals surface area contributed by atoms with Gasteiger partial charge in [0.2, 0.25) is 0 Å². The van der Waals surface area contributed by atoms with Gasteiger partial charge >= 0.3 is 0 Å². The van der Waals surface area contributed by atoms with Crippen LogP contribution in [0.3, 0.4) is 0 Å². The minimum Gasteiger partial charge on any atom is -0.497 e. The molecule has 0 saturated heterocycles. The Balaban J connectivity index is 1.58. The standard InChI is InChI=1S/C19H16FNO3S/c1-23-16-5-7-17(8-6-16)24-11-13-9-18(25-12-13)19(22)21-15-4-2-3-14(20)10-15/h2-10,12H,11H2,1H3,(H,21,22). The van der Waals surface area contributed by atoms with Crippen molar-refractivity contribution in [3.05, 3.63) is 76.2 Å². The Morgan fingerprint density at radius 2 is 1.88 bits per heavy atom. The number of methoxy groups -OCH3 is 1. The van der Waals surface area contributed by atoms with Crippen LogP contribution in [-0.4, -0.2) is 13.0 Å². The van der Waals surface area contributed by atoms with Crippen molar-refractivity contribution in [1.82, 2.24) is 0 Å². The van der Waals surface area contributed by atoms with E-state index in [4.69, 9.17) is 9.47 Å². The highest BCUT2D eigenvalue weighted by Gasteiger charge is 2.10. The molecule has 0 radical (unpaired) electrons. The molecule has 1 heterocycles. The molecule has 0 aliphatic rings. The van der Waals surface area contributed by atoms with E-state index in [0.717, 1.165) is 17.1 Å². The number of thiophene rings is 1. The molecule has 0 fully saturated rings. The maximum absolute atomic E-state index is 13.2. The van der Waals surface area contributed by atoms with Crippen LogP contribution in [0, 0.1) is 5.82 Å². The number of carbonyl (C=O) groups is 1. The van der Waals surface area contributed by atoms with E-state index in [-0.39, 0.29) is 5.91 Å². The smallest absolute Gasteiger partial charge is 0.265 e. The van der Waals surface area contributed by atoms with Crippen LogP contribution in [0.2, 0.25) is 0 Å². The highest BCUT2D eigenvalue weighted by atomic mass is 32.1. The van der Waals surface area contributed by atoms with Gasteiger partial charge in [0.1, 0.15) is 23.9 Å². The van der Waals surface area contributed by atoms with Gasteiger partial charge < -0.3 is 14.8 Å². The molecule has 0 aliphatic heterocycles. The molecule has 0 aliphatic carbocycles. The Hall–Kier alpha value is -2.86. The summed E-state index contributed by atoms with van der Waals surface area (Å²) in [5.74, 6) is 0.820. The Morgan fingerprint density at radius 1 is 1.12 bits per heavy atom. The third-order valence-electron chi connectivity index (χ3n) is 3.42. The van der Waals surface area contributed by atoms with Crippen molar-refractivity contribution < 1.29 is 18.7 Å². The van der Waals surface area contributed by atoms with Crippen LogP contribution in [0.4, 0.5) is 10.1 Å². The second-order valence-electron chi connectivity index (χ2n) is 5.25. The van der Waals surface area contributed by atoms with Gasteiger partial charge in [0, 0.05) is 11.3 Å². The lowest BCUT2D eigenvalue weighted by atomic mass is 10.3. The van der Waals surface area contributed by atoms with Gasteiger partial charge in [0.15, 0.2) is 0 Å². The molecule has 3 rings (SSSR count). The number of hydrogen-bond acceptors (Lipinski definition) is 4. The third kappa shape index (κ3) is 4.58. The highest BCUT2D eigenvalue weighted by molar-refractivity contribution is 7.12. The summed E-state index contributed by atoms with van der Waals surface area (Å²) >= 11 is 1.32. The van der Waals surface area contributed by atoms with E-state index in [1.165, 1.54) is 23.5 Å². The number of carbonyl (C=O) groups excluding carboxylic acids is 1. The Kier molecular flexibility index (Phi) is 5.30. The molecule has 1 N–H and O–H groups in total. The predicted octanol–water partition coefficient (Wildman–Crippen LogP) is 4.73. The van der Waals surface area contributed by atoms with Gasteiger partial charge in [0.25, 0.3) is 5.91 Å². The number of ether oxygens (including phenoxy) is 2. The number of anilines is 1. The molecule has 0 saturated carbocycles. The maximum atomic E-state index is 13.2. The van der Waals surface area contributed by atoms with Gasteiger partial charge in [-0.3, -0.25) is 4.79 Å². The Bertz CT molecular complexity index is 861. The van der Waals surface area contributed by atoms with Crippen LogP contribution >= 0.6 is 11.3 Å².